The molecule has 0 amide bonds. The number of esters is 4. The van der Waals surface area contributed by atoms with E-state index in [1.807, 2.05) is 6.07 Å². The van der Waals surface area contributed by atoms with Gasteiger partial charge in [0, 0.05) is 33.3 Å². The minimum Gasteiger partial charge on any atom is -0.456 e. The number of carbonyl (C=O) groups is 4. The molecule has 0 radical (unpaired) electrons. The van der Waals surface area contributed by atoms with Crippen LogP contribution in [-0.4, -0.2) is 97.0 Å². The smallest absolute Gasteiger partial charge is 0.303 e. The van der Waals surface area contributed by atoms with Crippen molar-refractivity contribution in [3.63, 3.8) is 0 Å². The normalized spacial score (nSPS) is 36.8. The van der Waals surface area contributed by atoms with E-state index in [9.17, 15) is 24.3 Å². The third kappa shape index (κ3) is 7.39. The Bertz CT molecular complexity index is 1090. The Morgan fingerprint density at radius 2 is 1.29 bits per heavy atom. The number of carbonyl (C=O) groups excluding carboxylic acids is 4. The third-order valence-electron chi connectivity index (χ3n) is 6.60. The Labute approximate surface area is 236 Å². The van der Waals surface area contributed by atoms with Crippen molar-refractivity contribution in [1.29, 1.82) is 0 Å². The molecule has 3 fully saturated rings. The molecule has 11 atom stereocenters. The highest BCUT2D eigenvalue weighted by molar-refractivity contribution is 5.68. The number of fused-ring (bicyclic) bond motifs is 1. The highest BCUT2D eigenvalue weighted by Crippen LogP contribution is 2.38. The molecule has 1 aromatic carbocycles. The van der Waals surface area contributed by atoms with E-state index in [1.54, 1.807) is 31.2 Å². The second-order valence-corrected chi connectivity index (χ2v) is 9.85. The first-order valence-corrected chi connectivity index (χ1v) is 13.1. The Hall–Kier alpha value is -3.14. The van der Waals surface area contributed by atoms with Crippen LogP contribution in [-0.2, 0) is 61.8 Å². The lowest BCUT2D eigenvalue weighted by atomic mass is 9.95. The quantitative estimate of drug-likeness (QED) is 0.351. The molecule has 0 bridgehead atoms. The van der Waals surface area contributed by atoms with Crippen molar-refractivity contribution in [3.8, 4) is 0 Å². The summed E-state index contributed by atoms with van der Waals surface area (Å²) in [5.74, 6) is -2.93. The highest BCUT2D eigenvalue weighted by Gasteiger charge is 2.57. The fraction of sp³-hybridized carbons (Fsp3) is 0.630. The first-order valence-electron chi connectivity index (χ1n) is 13.1. The van der Waals surface area contributed by atoms with Crippen LogP contribution in [0.5, 0.6) is 0 Å². The van der Waals surface area contributed by atoms with Crippen molar-refractivity contribution in [2.75, 3.05) is 6.61 Å². The number of hydrogen-bond acceptors (Lipinski definition) is 14. The fourth-order valence-electron chi connectivity index (χ4n) is 5.05. The minimum atomic E-state index is -1.64. The summed E-state index contributed by atoms with van der Waals surface area (Å²) in [5, 5.41) is 10.8. The van der Waals surface area contributed by atoms with Crippen molar-refractivity contribution < 1.29 is 66.9 Å². The van der Waals surface area contributed by atoms with E-state index in [0.717, 1.165) is 20.8 Å². The van der Waals surface area contributed by atoms with E-state index in [1.165, 1.54) is 6.92 Å². The molecule has 0 saturated carbocycles. The van der Waals surface area contributed by atoms with Crippen LogP contribution >= 0.6 is 0 Å². The molecular formula is C27H34O14. The maximum atomic E-state index is 12.1. The molecule has 3 saturated heterocycles. The predicted molar refractivity (Wildman–Crippen MR) is 132 cm³/mol. The van der Waals surface area contributed by atoms with Crippen LogP contribution in [0.3, 0.4) is 0 Å². The van der Waals surface area contributed by atoms with Gasteiger partial charge in [0.25, 0.3) is 0 Å². The number of ether oxygens (including phenoxy) is 9. The largest absolute Gasteiger partial charge is 0.456 e. The summed E-state index contributed by atoms with van der Waals surface area (Å²) in [6.45, 7) is 6.12. The molecule has 14 nitrogen and oxygen atoms in total. The van der Waals surface area contributed by atoms with Crippen LogP contribution in [0.2, 0.25) is 0 Å². The summed E-state index contributed by atoms with van der Waals surface area (Å²) in [6.07, 6.45) is -13.3. The number of aliphatic hydroxyl groups is 1. The number of hydrogen-bond donors (Lipinski definition) is 1. The molecule has 0 aromatic heterocycles. The van der Waals surface area contributed by atoms with Gasteiger partial charge in [0.2, 0.25) is 0 Å². The van der Waals surface area contributed by atoms with Gasteiger partial charge in [0.15, 0.2) is 43.3 Å². The van der Waals surface area contributed by atoms with Gasteiger partial charge in [-0.2, -0.15) is 0 Å². The van der Waals surface area contributed by atoms with Gasteiger partial charge >= 0.3 is 23.9 Å². The minimum absolute atomic E-state index is 0.00611. The zero-order chi connectivity index (χ0) is 29.8. The van der Waals surface area contributed by atoms with Crippen LogP contribution < -0.4 is 0 Å². The first-order chi connectivity index (χ1) is 19.4. The van der Waals surface area contributed by atoms with Gasteiger partial charge in [-0.25, -0.2) is 0 Å². The molecule has 3 aliphatic heterocycles. The van der Waals surface area contributed by atoms with Gasteiger partial charge in [0.1, 0.15) is 18.3 Å². The Morgan fingerprint density at radius 3 is 1.90 bits per heavy atom. The molecule has 1 N–H and O–H groups in total. The molecule has 0 aliphatic carbocycles. The molecule has 226 valence electrons. The lowest BCUT2D eigenvalue weighted by molar-refractivity contribution is -0.387. The second-order valence-electron chi connectivity index (χ2n) is 9.85. The average molecular weight is 583 g/mol. The standard InChI is InChI=1S/C27H34O14/c1-12-19(35-13(2)28)21(36-14(3)29)24(38-16(5)31)27(34-12)41-22-20-18(39-25(32)23(22)37-15(4)30)11-33-26(40-20)17-9-7-6-8-10-17/h6-10,12,18-27,32H,11H2,1-5H3/t12-,18+,19-,20+,21+,22-,23+,24+,25?,26?,27-/m0/s1. The summed E-state index contributed by atoms with van der Waals surface area (Å²) >= 11 is 0. The predicted octanol–water partition coefficient (Wildman–Crippen LogP) is 0.675. The summed E-state index contributed by atoms with van der Waals surface area (Å²) in [6, 6.07) is 9.03. The van der Waals surface area contributed by atoms with E-state index >= 15 is 0 Å². The van der Waals surface area contributed by atoms with E-state index < -0.39 is 91.6 Å². The molecule has 3 heterocycles. The van der Waals surface area contributed by atoms with Gasteiger partial charge < -0.3 is 47.7 Å². The lowest BCUT2D eigenvalue weighted by Crippen LogP contribution is -2.67. The lowest BCUT2D eigenvalue weighted by Gasteiger charge is -2.50. The van der Waals surface area contributed by atoms with E-state index in [2.05, 4.69) is 0 Å². The van der Waals surface area contributed by atoms with Crippen LogP contribution in [0.15, 0.2) is 30.3 Å². The molecule has 2 unspecified atom stereocenters. The topological polar surface area (TPSA) is 172 Å². The second kappa shape index (κ2) is 13.2. The maximum absolute atomic E-state index is 12.1. The van der Waals surface area contributed by atoms with E-state index in [0.29, 0.717) is 5.56 Å². The molecular weight excluding hydrogens is 548 g/mol. The summed E-state index contributed by atoms with van der Waals surface area (Å²) in [4.78, 5) is 48.0. The number of rotatable bonds is 7. The van der Waals surface area contributed by atoms with Gasteiger partial charge in [-0.3, -0.25) is 19.2 Å². The SMILES string of the molecule is CC(=O)O[C@@H]1[C@@H](OC(C)=O)[C@H](C)O[C@@H](O[C@H]2[C@@H]3OC(c4ccccc4)OC[C@H]3OC(O)[C@@H]2OC(C)=O)[C@@H]1OC(C)=O. The zero-order valence-electron chi connectivity index (χ0n) is 23.2. The number of aliphatic hydroxyl groups excluding tert-OH is 1. The average Bonchev–Trinajstić information content (AvgIpc) is 2.89. The van der Waals surface area contributed by atoms with Crippen LogP contribution in [0, 0.1) is 0 Å². The molecule has 4 rings (SSSR count). The summed E-state index contributed by atoms with van der Waals surface area (Å²) < 4.78 is 51.6. The Morgan fingerprint density at radius 1 is 0.732 bits per heavy atom. The van der Waals surface area contributed by atoms with Gasteiger partial charge in [-0.15, -0.1) is 0 Å². The van der Waals surface area contributed by atoms with Crippen molar-refractivity contribution in [3.05, 3.63) is 35.9 Å². The van der Waals surface area contributed by atoms with Crippen LogP contribution in [0.4, 0.5) is 0 Å². The zero-order valence-corrected chi connectivity index (χ0v) is 23.2. The fourth-order valence-corrected chi connectivity index (χ4v) is 5.05. The van der Waals surface area contributed by atoms with Gasteiger partial charge in [0.05, 0.1) is 12.7 Å². The Balaban J connectivity index is 1.69. The molecule has 0 spiro atoms. The molecule has 41 heavy (non-hydrogen) atoms. The van der Waals surface area contributed by atoms with E-state index in [-0.39, 0.29) is 6.61 Å². The third-order valence-corrected chi connectivity index (χ3v) is 6.60. The van der Waals surface area contributed by atoms with Crippen molar-refractivity contribution in [2.24, 2.45) is 0 Å². The molecule has 1 aromatic rings. The van der Waals surface area contributed by atoms with Crippen LogP contribution in [0.25, 0.3) is 0 Å². The van der Waals surface area contributed by atoms with Crippen LogP contribution in [0.1, 0.15) is 46.5 Å². The summed E-state index contributed by atoms with van der Waals surface area (Å²) in [5.41, 5.74) is 0.694. The first kappa shape index (κ1) is 30.8. The van der Waals surface area contributed by atoms with Gasteiger partial charge in [-0.05, 0) is 6.92 Å². The highest BCUT2D eigenvalue weighted by atomic mass is 16.8. The molecule has 3 aliphatic rings. The van der Waals surface area contributed by atoms with Gasteiger partial charge in [-0.1, -0.05) is 30.3 Å². The Kier molecular flexibility index (Phi) is 9.94. The maximum Gasteiger partial charge on any atom is 0.303 e. The van der Waals surface area contributed by atoms with Crippen molar-refractivity contribution in [2.45, 2.75) is 102 Å². The monoisotopic (exact) mass is 582 g/mol. The van der Waals surface area contributed by atoms with E-state index in [4.69, 9.17) is 42.6 Å². The summed E-state index contributed by atoms with van der Waals surface area (Å²) in [7, 11) is 0. The molecule has 14 heteroatoms. The number of benzene rings is 1. The van der Waals surface area contributed by atoms with Crippen molar-refractivity contribution in [1.82, 2.24) is 0 Å². The van der Waals surface area contributed by atoms with Crippen molar-refractivity contribution >= 4 is 23.9 Å².